The number of halogens is 1. The molecule has 12 rings (SSSR count). The first-order valence-electron chi connectivity index (χ1n) is 24.0. The summed E-state index contributed by atoms with van der Waals surface area (Å²) >= 11 is 0. The Bertz CT molecular complexity index is 3340. The molecule has 3 unspecified atom stereocenters. The van der Waals surface area contributed by atoms with Crippen LogP contribution in [0.2, 0.25) is 0 Å². The molecule has 0 spiro atoms. The SMILES string of the molecule is CNc1cc(-n2ccn(-c3c4c(nn3-c3cc(C)c(F)c(C)c3)CCN(C(=O)c3cc5cc(C6CCOCC6)ccc5n3C3(c5noc(=O)[nH]5)CC3C)C4C)c2=O)ccc1P(=O)(C1CC1)C1CC1. The minimum Gasteiger partial charge on any atom is -0.387 e. The van der Waals surface area contributed by atoms with Crippen molar-refractivity contribution in [2.24, 2.45) is 5.92 Å². The van der Waals surface area contributed by atoms with E-state index in [9.17, 15) is 14.2 Å². The maximum Gasteiger partial charge on any atom is 0.438 e. The van der Waals surface area contributed by atoms with Gasteiger partial charge < -0.3 is 24.1 Å². The van der Waals surface area contributed by atoms with Gasteiger partial charge in [-0.05, 0) is 143 Å². The number of anilines is 1. The molecule has 3 aromatic carbocycles. The van der Waals surface area contributed by atoms with Crippen LogP contribution < -0.4 is 22.1 Å². The van der Waals surface area contributed by atoms with Gasteiger partial charge in [-0.1, -0.05) is 18.1 Å². The molecular weight excluding hydrogens is 885 g/mol. The normalized spacial score (nSPS) is 21.9. The second-order valence-electron chi connectivity index (χ2n) is 19.9. The molecule has 1 amide bonds. The summed E-state index contributed by atoms with van der Waals surface area (Å²) in [7, 11) is -0.781. The van der Waals surface area contributed by atoms with Crippen molar-refractivity contribution < 1.29 is 23.0 Å². The number of benzene rings is 3. The molecule has 4 aromatic heterocycles. The van der Waals surface area contributed by atoms with E-state index in [1.807, 2.05) is 43.1 Å². The molecule has 17 heteroatoms. The Morgan fingerprint density at radius 3 is 2.26 bits per heavy atom. The zero-order valence-electron chi connectivity index (χ0n) is 38.9. The molecule has 15 nitrogen and oxygen atoms in total. The van der Waals surface area contributed by atoms with Gasteiger partial charge in [0.1, 0.15) is 30.0 Å². The van der Waals surface area contributed by atoms with E-state index >= 15 is 9.18 Å². The summed E-state index contributed by atoms with van der Waals surface area (Å²) in [6.07, 6.45) is 10.2. The average Bonchev–Trinajstić information content (AvgIpc) is 4.31. The van der Waals surface area contributed by atoms with Gasteiger partial charge in [0.05, 0.1) is 23.1 Å². The van der Waals surface area contributed by atoms with Gasteiger partial charge in [0.2, 0.25) is 0 Å². The standard InChI is InChI=1S/C51H55FN9O6P/c1-28-22-36(23-29(2)45(28)52)61-46(59-19-18-58(50(59)64)35-7-13-43(40(26-35)53-5)68(65,37-8-9-37)38-10-11-38)44-31(4)57(17-14-39(44)55-61)47(62)42-25-34-24-33(32-15-20-66-21-16-32)6-12-41(34)60(42)51(27-30(51)3)48-54-49(63)67-56-48/h6-7,12-13,18-19,22-26,30-32,37-38,53H,8-11,14-17,20-21,27H2,1-5H3,(H,54,56,63). The van der Waals surface area contributed by atoms with Gasteiger partial charge in [0.15, 0.2) is 5.82 Å². The number of aromatic amines is 1. The Labute approximate surface area is 391 Å². The lowest BCUT2D eigenvalue weighted by atomic mass is 9.91. The minimum absolute atomic E-state index is 0.0237. The number of nitrogens with zero attached hydrogens (tertiary/aromatic N) is 7. The number of ether oxygens (including phenoxy) is 1. The average molecular weight is 940 g/mol. The fourth-order valence-corrected chi connectivity index (χ4v) is 15.8. The van der Waals surface area contributed by atoms with Crippen molar-refractivity contribution in [2.45, 2.75) is 108 Å². The van der Waals surface area contributed by atoms with Gasteiger partial charge in [0, 0.05) is 84.4 Å². The van der Waals surface area contributed by atoms with Crippen LogP contribution in [-0.2, 0) is 21.3 Å². The van der Waals surface area contributed by atoms with E-state index in [0.717, 1.165) is 66.1 Å². The van der Waals surface area contributed by atoms with E-state index in [1.165, 1.54) is 5.56 Å². The summed E-state index contributed by atoms with van der Waals surface area (Å²) in [6, 6.07) is 17.0. The van der Waals surface area contributed by atoms with E-state index in [2.05, 4.69) is 45.1 Å². The van der Waals surface area contributed by atoms with Crippen LogP contribution in [0.3, 0.4) is 0 Å². The lowest BCUT2D eigenvalue weighted by Gasteiger charge is -2.34. The number of H-pyrrole nitrogens is 1. The summed E-state index contributed by atoms with van der Waals surface area (Å²) in [4.78, 5) is 47.7. The third-order valence-corrected chi connectivity index (χ3v) is 20.1. The zero-order chi connectivity index (χ0) is 47.0. The van der Waals surface area contributed by atoms with E-state index in [4.69, 9.17) is 14.4 Å². The summed E-state index contributed by atoms with van der Waals surface area (Å²) in [5.74, 6) is -0.0111. The molecule has 3 saturated carbocycles. The molecule has 68 heavy (non-hydrogen) atoms. The number of rotatable bonds is 11. The molecule has 2 N–H and O–H groups in total. The summed E-state index contributed by atoms with van der Waals surface area (Å²) in [6.45, 7) is 9.21. The third kappa shape index (κ3) is 6.53. The zero-order valence-corrected chi connectivity index (χ0v) is 39.8. The fraction of sp³-hybridized carbons (Fsp3) is 0.431. The number of amides is 1. The third-order valence-electron chi connectivity index (χ3n) is 15.7. The van der Waals surface area contributed by atoms with Crippen LogP contribution in [-0.4, -0.2) is 82.6 Å². The fourth-order valence-electron chi connectivity index (χ4n) is 11.7. The van der Waals surface area contributed by atoms with Crippen LogP contribution in [0, 0.1) is 25.6 Å². The summed E-state index contributed by atoms with van der Waals surface area (Å²) in [5.41, 5.74) is 6.02. The van der Waals surface area contributed by atoms with Crippen LogP contribution in [0.5, 0.6) is 0 Å². The Morgan fingerprint density at radius 2 is 1.62 bits per heavy atom. The maximum absolute atomic E-state index is 15.6. The van der Waals surface area contributed by atoms with Crippen LogP contribution in [0.1, 0.15) is 115 Å². The van der Waals surface area contributed by atoms with Gasteiger partial charge in [-0.25, -0.2) is 18.7 Å². The van der Waals surface area contributed by atoms with Crippen LogP contribution in [0.25, 0.3) is 28.1 Å². The van der Waals surface area contributed by atoms with Crippen molar-refractivity contribution in [1.29, 1.82) is 0 Å². The molecule has 2 aliphatic heterocycles. The second-order valence-corrected chi connectivity index (χ2v) is 23.3. The molecule has 0 bridgehead atoms. The molecule has 6 heterocycles. The molecule has 3 atom stereocenters. The Kier molecular flexibility index (Phi) is 9.91. The van der Waals surface area contributed by atoms with E-state index in [0.29, 0.717) is 83.9 Å². The van der Waals surface area contributed by atoms with Gasteiger partial charge >= 0.3 is 11.4 Å². The van der Waals surface area contributed by atoms with E-state index in [1.54, 1.807) is 52.2 Å². The molecule has 3 aliphatic carbocycles. The van der Waals surface area contributed by atoms with Gasteiger partial charge in [0.25, 0.3) is 5.91 Å². The lowest BCUT2D eigenvalue weighted by Crippen LogP contribution is -2.41. The lowest BCUT2D eigenvalue weighted by molar-refractivity contribution is 0.0663. The number of carbonyl (C=O) groups excluding carboxylic acids is 1. The monoisotopic (exact) mass is 939 g/mol. The molecule has 0 radical (unpaired) electrons. The van der Waals surface area contributed by atoms with Crippen molar-refractivity contribution in [3.05, 3.63) is 133 Å². The number of aromatic nitrogens is 7. The minimum atomic E-state index is -2.61. The van der Waals surface area contributed by atoms with Gasteiger partial charge in [-0.3, -0.25) is 23.4 Å². The first-order chi connectivity index (χ1) is 32.8. The largest absolute Gasteiger partial charge is 0.438 e. The summed E-state index contributed by atoms with van der Waals surface area (Å²) in [5, 5.41) is 14.4. The first-order valence-corrected chi connectivity index (χ1v) is 25.9. The van der Waals surface area contributed by atoms with Gasteiger partial charge in [-0.2, -0.15) is 5.10 Å². The van der Waals surface area contributed by atoms with Crippen molar-refractivity contribution in [3.8, 4) is 17.2 Å². The number of imidazole rings is 1. The predicted octanol–water partition coefficient (Wildman–Crippen LogP) is 7.99. The molecule has 5 aliphatic rings. The Hall–Kier alpha value is -6.25. The molecule has 352 valence electrons. The van der Waals surface area contributed by atoms with Gasteiger partial charge in [-0.15, -0.1) is 0 Å². The Balaban J connectivity index is 0.981. The second kappa shape index (κ2) is 15.6. The number of fused-ring (bicyclic) bond motifs is 2. The smallest absolute Gasteiger partial charge is 0.387 e. The van der Waals surface area contributed by atoms with Crippen molar-refractivity contribution in [1.82, 2.24) is 38.5 Å². The molecule has 4 fully saturated rings. The van der Waals surface area contributed by atoms with Crippen molar-refractivity contribution >= 4 is 34.9 Å². The van der Waals surface area contributed by atoms with Crippen LogP contribution >= 0.6 is 7.14 Å². The topological polar surface area (TPSA) is 167 Å². The molecule has 1 saturated heterocycles. The highest BCUT2D eigenvalue weighted by Crippen LogP contribution is 2.70. The predicted molar refractivity (Wildman–Crippen MR) is 257 cm³/mol. The highest BCUT2D eigenvalue weighted by atomic mass is 31.2. The first kappa shape index (κ1) is 43.1. The highest BCUT2D eigenvalue weighted by Gasteiger charge is 2.59. The number of aryl methyl sites for hydroxylation is 2. The van der Waals surface area contributed by atoms with Crippen LogP contribution in [0.15, 0.2) is 81.1 Å². The highest BCUT2D eigenvalue weighted by molar-refractivity contribution is 7.73. The van der Waals surface area contributed by atoms with E-state index in [-0.39, 0.29) is 34.7 Å². The Morgan fingerprint density at radius 1 is 0.912 bits per heavy atom. The summed E-state index contributed by atoms with van der Waals surface area (Å²) < 4.78 is 47.5. The van der Waals surface area contributed by atoms with Crippen molar-refractivity contribution in [3.63, 3.8) is 0 Å². The number of hydrogen-bond acceptors (Lipinski definition) is 9. The van der Waals surface area contributed by atoms with E-state index < -0.39 is 24.5 Å². The number of hydrogen-bond donors (Lipinski definition) is 2. The van der Waals surface area contributed by atoms with Crippen molar-refractivity contribution in [2.75, 3.05) is 32.1 Å². The number of nitrogens with one attached hydrogen (secondary N) is 2. The molecular formula is C51H55FN9O6P. The quantitative estimate of drug-likeness (QED) is 0.122. The maximum atomic E-state index is 15.6. The molecule has 7 aromatic rings. The number of carbonyl (C=O) groups is 1. The van der Waals surface area contributed by atoms with Crippen LogP contribution in [0.4, 0.5) is 10.1 Å².